The van der Waals surface area contributed by atoms with Crippen molar-refractivity contribution >= 4 is 15.9 Å². The summed E-state index contributed by atoms with van der Waals surface area (Å²) in [6.45, 7) is 2.03. The van der Waals surface area contributed by atoms with Gasteiger partial charge in [-0.05, 0) is 42.3 Å². The molecule has 2 aromatic rings. The van der Waals surface area contributed by atoms with Gasteiger partial charge in [-0.3, -0.25) is 9.78 Å². The van der Waals surface area contributed by atoms with Gasteiger partial charge in [0.05, 0.1) is 12.0 Å². The van der Waals surface area contributed by atoms with Gasteiger partial charge < -0.3 is 10.1 Å². The molecule has 1 amide bonds. The molecule has 0 saturated carbocycles. The lowest BCUT2D eigenvalue weighted by atomic mass is 10.2. The molecule has 25 heavy (non-hydrogen) atoms. The molecule has 0 saturated heterocycles. The summed E-state index contributed by atoms with van der Waals surface area (Å²) in [5.41, 5.74) is 0.837. The molecule has 0 spiro atoms. The monoisotopic (exact) mass is 363 g/mol. The third-order valence-corrected chi connectivity index (χ3v) is 5.07. The minimum atomic E-state index is -3.80. The van der Waals surface area contributed by atoms with Gasteiger partial charge in [-0.15, -0.1) is 0 Å². The second-order valence-corrected chi connectivity index (χ2v) is 7.05. The Hall–Kier alpha value is -2.45. The van der Waals surface area contributed by atoms with E-state index in [0.717, 1.165) is 5.56 Å². The quantitative estimate of drug-likeness (QED) is 0.740. The van der Waals surface area contributed by atoms with Crippen molar-refractivity contribution in [1.29, 1.82) is 0 Å². The average Bonchev–Trinajstić information content (AvgIpc) is 2.65. The molecule has 7 nitrogen and oxygen atoms in total. The number of carbonyl (C=O) groups is 1. The van der Waals surface area contributed by atoms with Crippen molar-refractivity contribution in [2.75, 3.05) is 7.11 Å². The number of sulfonamides is 1. The van der Waals surface area contributed by atoms with E-state index < -0.39 is 16.1 Å². The summed E-state index contributed by atoms with van der Waals surface area (Å²) in [6, 6.07) is 8.71. The van der Waals surface area contributed by atoms with Crippen LogP contribution < -0.4 is 14.8 Å². The van der Waals surface area contributed by atoms with Gasteiger partial charge in [0.1, 0.15) is 11.8 Å². The highest BCUT2D eigenvalue weighted by molar-refractivity contribution is 7.89. The van der Waals surface area contributed by atoms with Gasteiger partial charge in [-0.2, -0.15) is 4.72 Å². The van der Waals surface area contributed by atoms with E-state index in [4.69, 9.17) is 4.74 Å². The highest BCUT2D eigenvalue weighted by Crippen LogP contribution is 2.16. The zero-order chi connectivity index (χ0) is 18.3. The molecule has 1 unspecified atom stereocenters. The van der Waals surface area contributed by atoms with Crippen LogP contribution in [0.4, 0.5) is 0 Å². The molecule has 1 aromatic carbocycles. The second-order valence-electron chi connectivity index (χ2n) is 5.34. The maximum Gasteiger partial charge on any atom is 0.241 e. The highest BCUT2D eigenvalue weighted by Gasteiger charge is 2.24. The van der Waals surface area contributed by atoms with Crippen molar-refractivity contribution in [1.82, 2.24) is 15.0 Å². The molecule has 0 fully saturated rings. The van der Waals surface area contributed by atoms with E-state index in [0.29, 0.717) is 12.2 Å². The van der Waals surface area contributed by atoms with E-state index in [1.54, 1.807) is 37.5 Å². The standard InChI is InChI=1S/C17H21N3O4S/c1-3-16(17(21)19-12-13-5-4-10-18-11-13)20-25(22,23)15-8-6-14(24-2)7-9-15/h4-11,16,20H,3,12H2,1-2H3,(H,19,21). The minimum absolute atomic E-state index is 0.0757. The number of nitrogens with zero attached hydrogens (tertiary/aromatic N) is 1. The molecule has 0 aliphatic heterocycles. The van der Waals surface area contributed by atoms with Crippen molar-refractivity contribution in [2.24, 2.45) is 0 Å². The lowest BCUT2D eigenvalue weighted by Crippen LogP contribution is -2.46. The Morgan fingerprint density at radius 1 is 1.24 bits per heavy atom. The van der Waals surface area contributed by atoms with Gasteiger partial charge in [0, 0.05) is 18.9 Å². The van der Waals surface area contributed by atoms with Crippen LogP contribution in [0, 0.1) is 0 Å². The van der Waals surface area contributed by atoms with Gasteiger partial charge in [-0.1, -0.05) is 13.0 Å². The number of benzene rings is 1. The predicted octanol–water partition coefficient (Wildman–Crippen LogP) is 1.46. The number of hydrogen-bond donors (Lipinski definition) is 2. The fourth-order valence-corrected chi connectivity index (χ4v) is 3.43. The first kappa shape index (κ1) is 18.9. The summed E-state index contributed by atoms with van der Waals surface area (Å²) < 4.78 is 32.3. The molecule has 1 atom stereocenters. The maximum absolute atomic E-state index is 12.4. The summed E-state index contributed by atoms with van der Waals surface area (Å²) >= 11 is 0. The largest absolute Gasteiger partial charge is 0.497 e. The Balaban J connectivity index is 2.02. The van der Waals surface area contributed by atoms with E-state index in [-0.39, 0.29) is 17.3 Å². The molecule has 2 rings (SSSR count). The third-order valence-electron chi connectivity index (χ3n) is 3.58. The predicted molar refractivity (Wildman–Crippen MR) is 93.5 cm³/mol. The Morgan fingerprint density at radius 3 is 2.52 bits per heavy atom. The molecule has 0 radical (unpaired) electrons. The molecule has 2 N–H and O–H groups in total. The number of ether oxygens (including phenoxy) is 1. The Morgan fingerprint density at radius 2 is 1.96 bits per heavy atom. The van der Waals surface area contributed by atoms with Crippen molar-refractivity contribution in [2.45, 2.75) is 30.8 Å². The van der Waals surface area contributed by atoms with E-state index in [1.807, 2.05) is 6.07 Å². The molecule has 1 heterocycles. The SMILES string of the molecule is CCC(NS(=O)(=O)c1ccc(OC)cc1)C(=O)NCc1cccnc1. The number of aromatic nitrogens is 1. The first-order valence-electron chi connectivity index (χ1n) is 7.79. The van der Waals surface area contributed by atoms with Crippen molar-refractivity contribution in [3.05, 3.63) is 54.4 Å². The van der Waals surface area contributed by atoms with Crippen molar-refractivity contribution < 1.29 is 17.9 Å². The number of rotatable bonds is 8. The van der Waals surface area contributed by atoms with Crippen molar-refractivity contribution in [3.8, 4) is 5.75 Å². The van der Waals surface area contributed by atoms with Crippen LogP contribution in [0.2, 0.25) is 0 Å². The van der Waals surface area contributed by atoms with Crippen LogP contribution in [0.1, 0.15) is 18.9 Å². The van der Waals surface area contributed by atoms with E-state index in [2.05, 4.69) is 15.0 Å². The van der Waals surface area contributed by atoms with Gasteiger partial charge in [0.15, 0.2) is 0 Å². The average molecular weight is 363 g/mol. The smallest absolute Gasteiger partial charge is 0.241 e. The van der Waals surface area contributed by atoms with Gasteiger partial charge in [-0.25, -0.2) is 8.42 Å². The number of pyridine rings is 1. The Labute approximate surface area is 147 Å². The second kappa shape index (κ2) is 8.59. The molecule has 0 aliphatic carbocycles. The maximum atomic E-state index is 12.4. The first-order chi connectivity index (χ1) is 12.0. The number of hydrogen-bond acceptors (Lipinski definition) is 5. The number of amides is 1. The van der Waals surface area contributed by atoms with Crippen LogP contribution in [-0.2, 0) is 21.4 Å². The summed E-state index contributed by atoms with van der Waals surface area (Å²) in [4.78, 5) is 16.3. The van der Waals surface area contributed by atoms with Gasteiger partial charge in [0.25, 0.3) is 0 Å². The lowest BCUT2D eigenvalue weighted by molar-refractivity contribution is -0.122. The summed E-state index contributed by atoms with van der Waals surface area (Å²) in [5, 5.41) is 2.72. The molecule has 8 heteroatoms. The molecule has 134 valence electrons. The normalized spacial score (nSPS) is 12.4. The Kier molecular flexibility index (Phi) is 6.49. The van der Waals surface area contributed by atoms with Crippen LogP contribution in [0.15, 0.2) is 53.7 Å². The van der Waals surface area contributed by atoms with Crippen LogP contribution in [0.5, 0.6) is 5.75 Å². The fourth-order valence-electron chi connectivity index (χ4n) is 2.15. The molecular formula is C17H21N3O4S. The Bertz CT molecular complexity index is 792. The lowest BCUT2D eigenvalue weighted by Gasteiger charge is -2.17. The molecule has 0 aliphatic rings. The van der Waals surface area contributed by atoms with E-state index >= 15 is 0 Å². The van der Waals surface area contributed by atoms with Crippen LogP contribution in [-0.4, -0.2) is 32.5 Å². The number of nitrogens with one attached hydrogen (secondary N) is 2. The zero-order valence-corrected chi connectivity index (χ0v) is 14.9. The zero-order valence-electron chi connectivity index (χ0n) is 14.1. The van der Waals surface area contributed by atoms with Crippen molar-refractivity contribution in [3.63, 3.8) is 0 Å². The molecule has 1 aromatic heterocycles. The summed E-state index contributed by atoms with van der Waals surface area (Å²) in [6.07, 6.45) is 3.61. The first-order valence-corrected chi connectivity index (χ1v) is 9.27. The minimum Gasteiger partial charge on any atom is -0.497 e. The van der Waals surface area contributed by atoms with Gasteiger partial charge in [0.2, 0.25) is 15.9 Å². The van der Waals surface area contributed by atoms with Crippen LogP contribution in [0.3, 0.4) is 0 Å². The fraction of sp³-hybridized carbons (Fsp3) is 0.294. The topological polar surface area (TPSA) is 97.4 Å². The van der Waals surface area contributed by atoms with E-state index in [9.17, 15) is 13.2 Å². The summed E-state index contributed by atoms with van der Waals surface area (Å²) in [7, 11) is -2.30. The number of methoxy groups -OCH3 is 1. The highest BCUT2D eigenvalue weighted by atomic mass is 32.2. The van der Waals surface area contributed by atoms with Crippen LogP contribution in [0.25, 0.3) is 0 Å². The molecule has 0 bridgehead atoms. The van der Waals surface area contributed by atoms with Crippen LogP contribution >= 0.6 is 0 Å². The molecular weight excluding hydrogens is 342 g/mol. The van der Waals surface area contributed by atoms with E-state index in [1.165, 1.54) is 19.2 Å². The van der Waals surface area contributed by atoms with Gasteiger partial charge >= 0.3 is 0 Å². The number of carbonyl (C=O) groups excluding carboxylic acids is 1. The summed E-state index contributed by atoms with van der Waals surface area (Å²) in [5.74, 6) is 0.170. The third kappa shape index (κ3) is 5.27.